The van der Waals surface area contributed by atoms with Gasteiger partial charge in [0.05, 0.1) is 23.6 Å². The average molecular weight is 401 g/mol. The fourth-order valence-corrected chi connectivity index (χ4v) is 4.42. The number of ether oxygens (including phenoxy) is 1. The van der Waals surface area contributed by atoms with E-state index in [0.717, 1.165) is 5.69 Å². The van der Waals surface area contributed by atoms with Crippen LogP contribution in [-0.4, -0.2) is 43.9 Å². The van der Waals surface area contributed by atoms with E-state index in [9.17, 15) is 13.7 Å². The van der Waals surface area contributed by atoms with Gasteiger partial charge in [0, 0.05) is 24.2 Å². The summed E-state index contributed by atoms with van der Waals surface area (Å²) in [6, 6.07) is 12.0. The number of aromatic nitrogens is 1. The molecule has 0 atom stereocenters. The molecule has 2 heterocycles. The first-order valence-electron chi connectivity index (χ1n) is 8.97. The van der Waals surface area contributed by atoms with E-state index in [2.05, 4.69) is 37.1 Å². The second-order valence-electron chi connectivity index (χ2n) is 7.79. The molecule has 0 bridgehead atoms. The number of hydrogen-bond acceptors (Lipinski definition) is 6. The molecule has 2 aromatic rings. The highest BCUT2D eigenvalue weighted by Crippen LogP contribution is 2.27. The zero-order valence-electron chi connectivity index (χ0n) is 16.4. The van der Waals surface area contributed by atoms with Crippen molar-refractivity contribution in [1.29, 1.82) is 5.26 Å². The Labute approximate surface area is 166 Å². The smallest absolute Gasteiger partial charge is 0.243 e. The van der Waals surface area contributed by atoms with Gasteiger partial charge >= 0.3 is 0 Å². The van der Waals surface area contributed by atoms with Crippen LogP contribution in [0, 0.1) is 11.3 Å². The first-order chi connectivity index (χ1) is 13.1. The standard InChI is InChI=1S/C20H24N4O3S/c1-20(2,3)18-10-5-14(11-21)19(23-18)22-15-12-24(13-15)28(25,26)17-8-6-16(27-4)7-9-17/h5-10,15H,12-13H2,1-4H3,(H,22,23). The molecule has 3 rings (SSSR count). The molecule has 8 heteroatoms. The van der Waals surface area contributed by atoms with Crippen LogP contribution < -0.4 is 10.1 Å². The van der Waals surface area contributed by atoms with Crippen molar-refractivity contribution in [2.24, 2.45) is 0 Å². The Hall–Kier alpha value is -2.63. The van der Waals surface area contributed by atoms with Crippen LogP contribution >= 0.6 is 0 Å². The molecule has 0 aliphatic carbocycles. The molecule has 1 aromatic heterocycles. The molecule has 0 unspecified atom stereocenters. The Morgan fingerprint density at radius 3 is 2.36 bits per heavy atom. The average Bonchev–Trinajstić information content (AvgIpc) is 2.63. The number of benzene rings is 1. The van der Waals surface area contributed by atoms with Crippen molar-refractivity contribution in [3.05, 3.63) is 47.7 Å². The summed E-state index contributed by atoms with van der Waals surface area (Å²) in [4.78, 5) is 4.82. The number of rotatable bonds is 5. The third-order valence-electron chi connectivity index (χ3n) is 4.67. The van der Waals surface area contributed by atoms with Crippen LogP contribution in [-0.2, 0) is 15.4 Å². The van der Waals surface area contributed by atoms with E-state index < -0.39 is 10.0 Å². The maximum absolute atomic E-state index is 12.7. The fourth-order valence-electron chi connectivity index (χ4n) is 2.89. The van der Waals surface area contributed by atoms with E-state index in [0.29, 0.717) is 30.2 Å². The topological polar surface area (TPSA) is 95.3 Å². The summed E-state index contributed by atoms with van der Waals surface area (Å²) in [5, 5.41) is 12.6. The van der Waals surface area contributed by atoms with Crippen LogP contribution in [0.25, 0.3) is 0 Å². The van der Waals surface area contributed by atoms with Gasteiger partial charge in [-0.25, -0.2) is 13.4 Å². The van der Waals surface area contributed by atoms with E-state index in [-0.39, 0.29) is 16.4 Å². The minimum atomic E-state index is -3.55. The van der Waals surface area contributed by atoms with E-state index >= 15 is 0 Å². The summed E-state index contributed by atoms with van der Waals surface area (Å²) in [6.07, 6.45) is 0. The molecule has 1 fully saturated rings. The van der Waals surface area contributed by atoms with Gasteiger partial charge in [-0.2, -0.15) is 9.57 Å². The monoisotopic (exact) mass is 400 g/mol. The number of hydrogen-bond donors (Lipinski definition) is 1. The number of nitrogens with zero attached hydrogens (tertiary/aromatic N) is 3. The molecule has 1 saturated heterocycles. The highest BCUT2D eigenvalue weighted by Gasteiger charge is 2.37. The minimum Gasteiger partial charge on any atom is -0.497 e. The van der Waals surface area contributed by atoms with Crippen LogP contribution in [0.1, 0.15) is 32.0 Å². The lowest BCUT2D eigenvalue weighted by atomic mass is 9.91. The highest BCUT2D eigenvalue weighted by molar-refractivity contribution is 7.89. The summed E-state index contributed by atoms with van der Waals surface area (Å²) in [7, 11) is -2.01. The van der Waals surface area contributed by atoms with Gasteiger partial charge in [-0.05, 0) is 36.4 Å². The summed E-state index contributed by atoms with van der Waals surface area (Å²) in [5.41, 5.74) is 1.17. The third kappa shape index (κ3) is 3.96. The first-order valence-corrected chi connectivity index (χ1v) is 10.4. The molecule has 28 heavy (non-hydrogen) atoms. The van der Waals surface area contributed by atoms with Crippen molar-refractivity contribution in [2.45, 2.75) is 37.1 Å². The third-order valence-corrected chi connectivity index (χ3v) is 6.52. The Morgan fingerprint density at radius 1 is 1.18 bits per heavy atom. The zero-order valence-corrected chi connectivity index (χ0v) is 17.2. The lowest BCUT2D eigenvalue weighted by molar-refractivity contribution is 0.280. The predicted molar refractivity (Wildman–Crippen MR) is 107 cm³/mol. The maximum Gasteiger partial charge on any atom is 0.243 e. The van der Waals surface area contributed by atoms with Gasteiger partial charge in [0.25, 0.3) is 0 Å². The van der Waals surface area contributed by atoms with Gasteiger partial charge in [0.1, 0.15) is 17.6 Å². The van der Waals surface area contributed by atoms with Crippen LogP contribution in [0.15, 0.2) is 41.3 Å². The van der Waals surface area contributed by atoms with Crippen LogP contribution in [0.3, 0.4) is 0 Å². The van der Waals surface area contributed by atoms with Gasteiger partial charge < -0.3 is 10.1 Å². The molecule has 148 valence electrons. The fraction of sp³-hybridized carbons (Fsp3) is 0.400. The number of nitriles is 1. The molecule has 0 saturated carbocycles. The van der Waals surface area contributed by atoms with Gasteiger partial charge in [-0.15, -0.1) is 0 Å². The lowest BCUT2D eigenvalue weighted by Gasteiger charge is -2.38. The largest absolute Gasteiger partial charge is 0.497 e. The number of pyridine rings is 1. The molecular weight excluding hydrogens is 376 g/mol. The van der Waals surface area contributed by atoms with Crippen LogP contribution in [0.4, 0.5) is 5.82 Å². The van der Waals surface area contributed by atoms with Gasteiger partial charge in [-0.3, -0.25) is 0 Å². The van der Waals surface area contributed by atoms with Crippen molar-refractivity contribution in [3.8, 4) is 11.8 Å². The van der Waals surface area contributed by atoms with Crippen LogP contribution in [0.5, 0.6) is 5.75 Å². The minimum absolute atomic E-state index is 0.0946. The van der Waals surface area contributed by atoms with E-state index in [1.165, 1.54) is 23.5 Å². The second-order valence-corrected chi connectivity index (χ2v) is 9.73. The molecular formula is C20H24N4O3S. The highest BCUT2D eigenvalue weighted by atomic mass is 32.2. The molecule has 1 N–H and O–H groups in total. The summed E-state index contributed by atoms with van der Waals surface area (Å²) in [5.74, 6) is 1.11. The summed E-state index contributed by atoms with van der Waals surface area (Å²) in [6.45, 7) is 6.80. The number of anilines is 1. The molecule has 1 aromatic carbocycles. The zero-order chi connectivity index (χ0) is 20.5. The van der Waals surface area contributed by atoms with Crippen molar-refractivity contribution >= 4 is 15.8 Å². The second kappa shape index (κ2) is 7.41. The number of nitrogens with one attached hydrogen (secondary N) is 1. The van der Waals surface area contributed by atoms with E-state index in [1.54, 1.807) is 18.2 Å². The Kier molecular flexibility index (Phi) is 5.33. The van der Waals surface area contributed by atoms with Gasteiger partial charge in [0.15, 0.2) is 0 Å². The predicted octanol–water partition coefficient (Wildman–Crippen LogP) is 2.74. The molecule has 7 nitrogen and oxygen atoms in total. The Bertz CT molecular complexity index is 999. The Morgan fingerprint density at radius 2 is 1.82 bits per heavy atom. The van der Waals surface area contributed by atoms with Crippen molar-refractivity contribution in [2.75, 3.05) is 25.5 Å². The van der Waals surface area contributed by atoms with Gasteiger partial charge in [-0.1, -0.05) is 20.8 Å². The normalized spacial score (nSPS) is 15.5. The van der Waals surface area contributed by atoms with E-state index in [4.69, 9.17) is 4.74 Å². The lowest BCUT2D eigenvalue weighted by Crippen LogP contribution is -2.56. The molecule has 0 spiro atoms. The number of methoxy groups -OCH3 is 1. The maximum atomic E-state index is 12.7. The summed E-state index contributed by atoms with van der Waals surface area (Å²) < 4.78 is 31.9. The number of sulfonamides is 1. The van der Waals surface area contributed by atoms with E-state index in [1.807, 2.05) is 6.07 Å². The van der Waals surface area contributed by atoms with Crippen molar-refractivity contribution < 1.29 is 13.2 Å². The molecule has 1 aliphatic heterocycles. The van der Waals surface area contributed by atoms with Crippen LogP contribution in [0.2, 0.25) is 0 Å². The van der Waals surface area contributed by atoms with Crippen molar-refractivity contribution in [1.82, 2.24) is 9.29 Å². The Balaban J connectivity index is 1.71. The SMILES string of the molecule is COc1ccc(S(=O)(=O)N2CC(Nc3nc(C(C)(C)C)ccc3C#N)C2)cc1. The molecule has 1 aliphatic rings. The molecule has 0 amide bonds. The molecule has 0 radical (unpaired) electrons. The van der Waals surface area contributed by atoms with Crippen molar-refractivity contribution in [3.63, 3.8) is 0 Å². The summed E-state index contributed by atoms with van der Waals surface area (Å²) >= 11 is 0. The quantitative estimate of drug-likeness (QED) is 0.829. The first kappa shape index (κ1) is 20.1. The van der Waals surface area contributed by atoms with Gasteiger partial charge in [0.2, 0.25) is 10.0 Å².